The van der Waals surface area contributed by atoms with Crippen LogP contribution in [-0.2, 0) is 12.4 Å². The van der Waals surface area contributed by atoms with E-state index in [2.05, 4.69) is 5.32 Å². The Balaban J connectivity index is 1.80. The van der Waals surface area contributed by atoms with Gasteiger partial charge in [-0.1, -0.05) is 18.2 Å². The molecule has 0 fully saturated rings. The van der Waals surface area contributed by atoms with Gasteiger partial charge in [0, 0.05) is 23.6 Å². The fraction of sp³-hybridized carbons (Fsp3) is 0.278. The molecule has 3 nitrogen and oxygen atoms in total. The van der Waals surface area contributed by atoms with Crippen LogP contribution in [0.15, 0.2) is 42.5 Å². The second-order valence-corrected chi connectivity index (χ2v) is 6.05. The number of alkyl halides is 6. The molecule has 3 rings (SSSR count). The van der Waals surface area contributed by atoms with Crippen molar-refractivity contribution in [2.45, 2.75) is 18.3 Å². The first-order valence-corrected chi connectivity index (χ1v) is 7.85. The quantitative estimate of drug-likeness (QED) is 0.778. The molecule has 0 spiro atoms. The number of amides is 1. The van der Waals surface area contributed by atoms with Crippen LogP contribution in [0, 0.1) is 0 Å². The van der Waals surface area contributed by atoms with Crippen LogP contribution in [0.3, 0.4) is 0 Å². The van der Waals surface area contributed by atoms with E-state index in [1.807, 2.05) is 0 Å². The summed E-state index contributed by atoms with van der Waals surface area (Å²) in [5, 5.41) is 2.39. The molecule has 1 heterocycles. The van der Waals surface area contributed by atoms with Gasteiger partial charge in [0.25, 0.3) is 5.91 Å². The van der Waals surface area contributed by atoms with Gasteiger partial charge in [-0.15, -0.1) is 0 Å². The maximum atomic E-state index is 12.9. The summed E-state index contributed by atoms with van der Waals surface area (Å²) in [6.07, 6.45) is -10.0. The lowest BCUT2D eigenvalue weighted by atomic mass is 10.0. The molecule has 0 saturated heterocycles. The molecule has 0 saturated carbocycles. The van der Waals surface area contributed by atoms with Crippen LogP contribution >= 0.6 is 0 Å². The molecule has 1 N–H and O–H groups in total. The minimum absolute atomic E-state index is 0.0160. The van der Waals surface area contributed by atoms with E-state index in [9.17, 15) is 31.1 Å². The molecule has 0 aliphatic carbocycles. The van der Waals surface area contributed by atoms with Crippen LogP contribution < -0.4 is 10.1 Å². The smallest absolute Gasteiger partial charge is 0.416 e. The summed E-state index contributed by atoms with van der Waals surface area (Å²) >= 11 is 0. The number of para-hydroxylation sites is 1. The maximum Gasteiger partial charge on any atom is 0.416 e. The van der Waals surface area contributed by atoms with E-state index in [1.54, 1.807) is 24.3 Å². The Morgan fingerprint density at radius 2 is 1.59 bits per heavy atom. The van der Waals surface area contributed by atoms with Crippen LogP contribution in [0.5, 0.6) is 5.75 Å². The molecule has 9 heteroatoms. The lowest BCUT2D eigenvalue weighted by molar-refractivity contribution is -0.143. The van der Waals surface area contributed by atoms with Gasteiger partial charge in [0.05, 0.1) is 17.7 Å². The molecule has 2 aromatic carbocycles. The second-order valence-electron chi connectivity index (χ2n) is 6.05. The van der Waals surface area contributed by atoms with Gasteiger partial charge in [0.15, 0.2) is 0 Å². The minimum Gasteiger partial charge on any atom is -0.493 e. The van der Waals surface area contributed by atoms with E-state index in [0.717, 1.165) is 5.56 Å². The fourth-order valence-corrected chi connectivity index (χ4v) is 2.80. The first-order valence-electron chi connectivity index (χ1n) is 7.85. The highest BCUT2D eigenvalue weighted by Gasteiger charge is 2.37. The fourth-order valence-electron chi connectivity index (χ4n) is 2.80. The zero-order valence-corrected chi connectivity index (χ0v) is 13.6. The SMILES string of the molecule is O=C(NC[C@H]1COc2ccccc21)c1cc(C(F)(F)F)cc(C(F)(F)F)c1. The predicted octanol–water partition coefficient (Wildman–Crippen LogP) is 4.63. The van der Waals surface area contributed by atoms with Gasteiger partial charge in [-0.3, -0.25) is 4.79 Å². The Labute approximate surface area is 149 Å². The molecular weight excluding hydrogens is 376 g/mol. The topological polar surface area (TPSA) is 38.3 Å². The Morgan fingerprint density at radius 1 is 1.00 bits per heavy atom. The van der Waals surface area contributed by atoms with Gasteiger partial charge in [0.2, 0.25) is 0 Å². The van der Waals surface area contributed by atoms with E-state index in [-0.39, 0.29) is 25.1 Å². The average Bonchev–Trinajstić information content (AvgIpc) is 3.01. The van der Waals surface area contributed by atoms with Crippen molar-refractivity contribution in [3.8, 4) is 5.75 Å². The van der Waals surface area contributed by atoms with Crippen LogP contribution in [0.2, 0.25) is 0 Å². The van der Waals surface area contributed by atoms with Gasteiger partial charge >= 0.3 is 12.4 Å². The number of carbonyl (C=O) groups excluding carboxylic acids is 1. The number of nitrogens with one attached hydrogen (secondary N) is 1. The van der Waals surface area contributed by atoms with Crippen LogP contribution in [0.25, 0.3) is 0 Å². The van der Waals surface area contributed by atoms with Crippen molar-refractivity contribution in [3.63, 3.8) is 0 Å². The molecule has 0 bridgehead atoms. The Hall–Kier alpha value is -2.71. The number of ether oxygens (including phenoxy) is 1. The van der Waals surface area contributed by atoms with Crippen LogP contribution in [-0.4, -0.2) is 19.1 Å². The van der Waals surface area contributed by atoms with Gasteiger partial charge in [-0.2, -0.15) is 26.3 Å². The Kier molecular flexibility index (Phi) is 4.79. The molecule has 1 aliphatic rings. The highest BCUT2D eigenvalue weighted by Crippen LogP contribution is 2.36. The number of halogens is 6. The van der Waals surface area contributed by atoms with Gasteiger partial charge < -0.3 is 10.1 Å². The van der Waals surface area contributed by atoms with Gasteiger partial charge in [-0.05, 0) is 24.3 Å². The van der Waals surface area contributed by atoms with Crippen molar-refractivity contribution < 1.29 is 35.9 Å². The summed E-state index contributed by atoms with van der Waals surface area (Å²) in [4.78, 5) is 12.2. The summed E-state index contributed by atoms with van der Waals surface area (Å²) in [6.45, 7) is 0.281. The number of hydrogen-bond acceptors (Lipinski definition) is 2. The van der Waals surface area contributed by atoms with Gasteiger partial charge in [0.1, 0.15) is 5.75 Å². The third-order valence-corrected chi connectivity index (χ3v) is 4.16. The zero-order chi connectivity index (χ0) is 19.8. The molecule has 0 radical (unpaired) electrons. The number of carbonyl (C=O) groups is 1. The van der Waals surface area contributed by atoms with E-state index in [1.165, 1.54) is 0 Å². The van der Waals surface area contributed by atoms with E-state index >= 15 is 0 Å². The number of benzene rings is 2. The molecule has 1 atom stereocenters. The van der Waals surface area contributed by atoms with Crippen LogP contribution in [0.1, 0.15) is 33.0 Å². The summed E-state index contributed by atoms with van der Waals surface area (Å²) in [6, 6.07) is 7.85. The highest BCUT2D eigenvalue weighted by atomic mass is 19.4. The lowest BCUT2D eigenvalue weighted by Gasteiger charge is -2.15. The molecule has 1 amide bonds. The zero-order valence-electron chi connectivity index (χ0n) is 13.6. The molecule has 144 valence electrons. The molecule has 0 unspecified atom stereocenters. The first-order chi connectivity index (χ1) is 12.6. The summed E-state index contributed by atoms with van der Waals surface area (Å²) < 4.78 is 82.7. The van der Waals surface area contributed by atoms with E-state index < -0.39 is 35.0 Å². The van der Waals surface area contributed by atoms with Gasteiger partial charge in [-0.25, -0.2) is 0 Å². The first kappa shape index (κ1) is 19.1. The standard InChI is InChI=1S/C18H13F6NO2/c19-17(20,21)12-5-10(6-13(7-12)18(22,23)24)16(26)25-8-11-9-27-15-4-2-1-3-14(11)15/h1-7,11H,8-9H2,(H,25,26)/t11-/m0/s1. The molecular formula is C18H13F6NO2. The monoisotopic (exact) mass is 389 g/mol. The third-order valence-electron chi connectivity index (χ3n) is 4.16. The molecule has 2 aromatic rings. The third kappa shape index (κ3) is 4.17. The highest BCUT2D eigenvalue weighted by molar-refractivity contribution is 5.94. The van der Waals surface area contributed by atoms with Crippen molar-refractivity contribution in [1.82, 2.24) is 5.32 Å². The number of fused-ring (bicyclic) bond motifs is 1. The lowest BCUT2D eigenvalue weighted by Crippen LogP contribution is -2.29. The predicted molar refractivity (Wildman–Crippen MR) is 83.5 cm³/mol. The minimum atomic E-state index is -5.01. The molecule has 1 aliphatic heterocycles. The van der Waals surface area contributed by atoms with Crippen molar-refractivity contribution in [1.29, 1.82) is 0 Å². The number of rotatable bonds is 3. The normalized spacial score (nSPS) is 16.6. The Morgan fingerprint density at radius 3 is 2.19 bits per heavy atom. The maximum absolute atomic E-state index is 12.9. The number of hydrogen-bond donors (Lipinski definition) is 1. The van der Waals surface area contributed by atoms with Crippen LogP contribution in [0.4, 0.5) is 26.3 Å². The summed E-state index contributed by atoms with van der Waals surface area (Å²) in [5.74, 6) is -0.621. The van der Waals surface area contributed by atoms with Crippen molar-refractivity contribution in [3.05, 3.63) is 64.7 Å². The summed E-state index contributed by atoms with van der Waals surface area (Å²) in [5.41, 5.74) is -2.95. The van der Waals surface area contributed by atoms with E-state index in [0.29, 0.717) is 17.9 Å². The summed E-state index contributed by atoms with van der Waals surface area (Å²) in [7, 11) is 0. The Bertz CT molecular complexity index is 827. The van der Waals surface area contributed by atoms with Crippen molar-refractivity contribution in [2.75, 3.05) is 13.2 Å². The second kappa shape index (κ2) is 6.79. The van der Waals surface area contributed by atoms with Crippen molar-refractivity contribution in [2.24, 2.45) is 0 Å². The molecule has 27 heavy (non-hydrogen) atoms. The molecule has 0 aromatic heterocycles. The van der Waals surface area contributed by atoms with Crippen molar-refractivity contribution >= 4 is 5.91 Å². The average molecular weight is 389 g/mol. The largest absolute Gasteiger partial charge is 0.493 e. The van der Waals surface area contributed by atoms with E-state index in [4.69, 9.17) is 4.74 Å².